The monoisotopic (exact) mass is 361 g/mol. The van der Waals surface area contributed by atoms with Crippen molar-refractivity contribution in [1.29, 1.82) is 0 Å². The number of ether oxygens (including phenoxy) is 1. The van der Waals surface area contributed by atoms with E-state index in [2.05, 4.69) is 5.16 Å². The number of aliphatic carboxylic acids is 1. The van der Waals surface area contributed by atoms with Crippen LogP contribution in [0, 0.1) is 0 Å². The average Bonchev–Trinajstić information content (AvgIpc) is 2.71. The van der Waals surface area contributed by atoms with Gasteiger partial charge in [-0.1, -0.05) is 65.8 Å². The largest absolute Gasteiger partial charge is 0.478 e. The molecule has 0 heterocycles. The van der Waals surface area contributed by atoms with Gasteiger partial charge in [-0.25, -0.2) is 4.79 Å². The van der Waals surface area contributed by atoms with Gasteiger partial charge in [0.25, 0.3) is 0 Å². The third kappa shape index (κ3) is 4.73. The van der Waals surface area contributed by atoms with Crippen molar-refractivity contribution in [3.05, 3.63) is 102 Å². The molecule has 27 heavy (non-hydrogen) atoms. The highest BCUT2D eigenvalue weighted by Gasteiger charge is 2.20. The first-order chi connectivity index (χ1) is 13.2. The van der Waals surface area contributed by atoms with Crippen LogP contribution >= 0.6 is 0 Å². The summed E-state index contributed by atoms with van der Waals surface area (Å²) in [4.78, 5) is 11.5. The lowest BCUT2D eigenvalue weighted by molar-refractivity contribution is -0.145. The molecule has 0 aromatic heterocycles. The van der Waals surface area contributed by atoms with Gasteiger partial charge in [-0.3, -0.25) is 0 Å². The molecule has 5 heteroatoms. The summed E-state index contributed by atoms with van der Waals surface area (Å²) in [5, 5.41) is 22.2. The number of oxime groups is 1. The summed E-state index contributed by atoms with van der Waals surface area (Å²) >= 11 is 0. The number of nitrogens with zero attached hydrogens (tertiary/aromatic N) is 1. The number of hydrogen-bond donors (Lipinski definition) is 2. The van der Waals surface area contributed by atoms with Gasteiger partial charge >= 0.3 is 5.97 Å². The molecular formula is C22H19NO4. The van der Waals surface area contributed by atoms with Gasteiger partial charge in [-0.15, -0.1) is 0 Å². The molecule has 0 spiro atoms. The minimum Gasteiger partial charge on any atom is -0.478 e. The first-order valence-electron chi connectivity index (χ1n) is 8.48. The molecular weight excluding hydrogens is 342 g/mol. The van der Waals surface area contributed by atoms with E-state index in [9.17, 15) is 15.1 Å². The Kier molecular flexibility index (Phi) is 5.84. The minimum atomic E-state index is -1.02. The van der Waals surface area contributed by atoms with E-state index >= 15 is 0 Å². The van der Waals surface area contributed by atoms with E-state index in [4.69, 9.17) is 4.74 Å². The van der Waals surface area contributed by atoms with E-state index in [1.807, 2.05) is 60.7 Å². The van der Waals surface area contributed by atoms with Crippen LogP contribution in [0.25, 0.3) is 0 Å². The fourth-order valence-corrected chi connectivity index (χ4v) is 2.74. The van der Waals surface area contributed by atoms with Crippen LogP contribution in [0.15, 0.2) is 90.1 Å². The van der Waals surface area contributed by atoms with Crippen molar-refractivity contribution >= 4 is 11.7 Å². The summed E-state index contributed by atoms with van der Waals surface area (Å²) in [6.07, 6.45) is -0.719. The van der Waals surface area contributed by atoms with Gasteiger partial charge in [-0.05, 0) is 29.8 Å². The van der Waals surface area contributed by atoms with Gasteiger partial charge in [0.05, 0.1) is 0 Å². The van der Waals surface area contributed by atoms with Crippen molar-refractivity contribution < 1.29 is 19.8 Å². The van der Waals surface area contributed by atoms with Crippen molar-refractivity contribution in [2.45, 2.75) is 12.5 Å². The Morgan fingerprint density at radius 2 is 1.41 bits per heavy atom. The molecule has 5 nitrogen and oxygen atoms in total. The molecule has 3 aromatic rings. The Bertz CT molecular complexity index is 906. The number of rotatable bonds is 7. The minimum absolute atomic E-state index is 0.269. The third-order valence-corrected chi connectivity index (χ3v) is 4.09. The second-order valence-electron chi connectivity index (χ2n) is 5.97. The van der Waals surface area contributed by atoms with Gasteiger partial charge in [0.15, 0.2) is 6.10 Å². The first kappa shape index (κ1) is 18.2. The zero-order valence-electron chi connectivity index (χ0n) is 14.5. The quantitative estimate of drug-likeness (QED) is 0.379. The maximum atomic E-state index is 11.5. The molecule has 0 saturated carbocycles. The molecule has 0 aliphatic carbocycles. The lowest BCUT2D eigenvalue weighted by Gasteiger charge is -2.15. The number of carbonyl (C=O) groups is 1. The van der Waals surface area contributed by atoms with Gasteiger partial charge in [0.1, 0.15) is 11.5 Å². The summed E-state index contributed by atoms with van der Waals surface area (Å²) < 4.78 is 5.65. The Labute approximate surface area is 157 Å². The predicted octanol–water partition coefficient (Wildman–Crippen LogP) is 3.99. The topological polar surface area (TPSA) is 79.1 Å². The Morgan fingerprint density at radius 3 is 1.96 bits per heavy atom. The van der Waals surface area contributed by atoms with E-state index in [1.54, 1.807) is 24.3 Å². The maximum Gasteiger partial charge on any atom is 0.345 e. The average molecular weight is 361 g/mol. The molecule has 0 amide bonds. The molecule has 1 atom stereocenters. The highest BCUT2D eigenvalue weighted by Crippen LogP contribution is 2.18. The predicted molar refractivity (Wildman–Crippen MR) is 103 cm³/mol. The molecule has 136 valence electrons. The zero-order valence-corrected chi connectivity index (χ0v) is 14.5. The van der Waals surface area contributed by atoms with E-state index in [0.717, 1.165) is 11.1 Å². The van der Waals surface area contributed by atoms with E-state index in [1.165, 1.54) is 0 Å². The van der Waals surface area contributed by atoms with Crippen LogP contribution in [-0.2, 0) is 11.2 Å². The third-order valence-electron chi connectivity index (χ3n) is 4.09. The lowest BCUT2D eigenvalue weighted by Crippen LogP contribution is -2.29. The molecule has 1 unspecified atom stereocenters. The summed E-state index contributed by atoms with van der Waals surface area (Å²) in [5.74, 6) is -0.586. The van der Waals surface area contributed by atoms with Gasteiger partial charge in [-0.2, -0.15) is 0 Å². The molecule has 0 bridgehead atoms. The van der Waals surface area contributed by atoms with Crippen molar-refractivity contribution in [2.75, 3.05) is 0 Å². The van der Waals surface area contributed by atoms with Crippen LogP contribution in [-0.4, -0.2) is 28.1 Å². The van der Waals surface area contributed by atoms with Crippen LogP contribution in [0.4, 0.5) is 0 Å². The number of carboxylic acid groups (broad SMARTS) is 1. The maximum absolute atomic E-state index is 11.5. The van der Waals surface area contributed by atoms with Crippen molar-refractivity contribution in [1.82, 2.24) is 0 Å². The molecule has 2 N–H and O–H groups in total. The van der Waals surface area contributed by atoms with Crippen molar-refractivity contribution in [3.63, 3.8) is 0 Å². The van der Waals surface area contributed by atoms with E-state index in [0.29, 0.717) is 17.0 Å². The molecule has 0 aliphatic heterocycles. The fraction of sp³-hybridized carbons (Fsp3) is 0.0909. The van der Waals surface area contributed by atoms with Gasteiger partial charge < -0.3 is 15.1 Å². The first-order valence-corrected chi connectivity index (χ1v) is 8.48. The molecule has 0 saturated heterocycles. The molecule has 0 fully saturated rings. The van der Waals surface area contributed by atoms with Crippen molar-refractivity contribution in [3.8, 4) is 5.75 Å². The second kappa shape index (κ2) is 8.67. The number of carboxylic acids is 1. The summed E-state index contributed by atoms with van der Waals surface area (Å²) in [7, 11) is 0. The Hall–Kier alpha value is -3.60. The smallest absolute Gasteiger partial charge is 0.345 e. The Balaban J connectivity index is 1.75. The molecule has 0 aliphatic rings. The van der Waals surface area contributed by atoms with E-state index < -0.39 is 12.1 Å². The molecule has 3 aromatic carbocycles. The highest BCUT2D eigenvalue weighted by molar-refractivity contribution is 6.12. The number of hydrogen-bond acceptors (Lipinski definition) is 4. The standard InChI is InChI=1S/C22H19NO4/c24-22(25)20(15-16-7-3-1-4-8-16)27-19-13-11-18(12-14-19)21(23-26)17-9-5-2-6-10-17/h1-14,20,26H,15H2,(H,24,25)/b23-21+. The highest BCUT2D eigenvalue weighted by atomic mass is 16.5. The van der Waals surface area contributed by atoms with Crippen LogP contribution in [0.3, 0.4) is 0 Å². The molecule has 3 rings (SSSR count). The van der Waals surface area contributed by atoms with E-state index in [-0.39, 0.29) is 6.42 Å². The van der Waals surface area contributed by atoms with Crippen LogP contribution in [0.2, 0.25) is 0 Å². The van der Waals surface area contributed by atoms with Crippen LogP contribution in [0.5, 0.6) is 5.75 Å². The lowest BCUT2D eigenvalue weighted by atomic mass is 10.0. The van der Waals surface area contributed by atoms with Gasteiger partial charge in [0.2, 0.25) is 0 Å². The number of benzene rings is 3. The summed E-state index contributed by atoms with van der Waals surface area (Å²) in [6, 6.07) is 25.5. The Morgan fingerprint density at radius 1 is 0.852 bits per heavy atom. The second-order valence-corrected chi connectivity index (χ2v) is 5.97. The van der Waals surface area contributed by atoms with Crippen LogP contribution < -0.4 is 4.74 Å². The van der Waals surface area contributed by atoms with Gasteiger partial charge in [0, 0.05) is 17.5 Å². The fourth-order valence-electron chi connectivity index (χ4n) is 2.74. The summed E-state index contributed by atoms with van der Waals surface area (Å²) in [5.41, 5.74) is 2.80. The SMILES string of the molecule is O=C(O)C(Cc1ccccc1)Oc1ccc(/C(=N/O)c2ccccc2)cc1. The molecule has 0 radical (unpaired) electrons. The zero-order chi connectivity index (χ0) is 19.1. The van der Waals surface area contributed by atoms with Crippen LogP contribution in [0.1, 0.15) is 16.7 Å². The normalized spacial score (nSPS) is 12.4. The summed E-state index contributed by atoms with van der Waals surface area (Å²) in [6.45, 7) is 0. The van der Waals surface area contributed by atoms with Crippen molar-refractivity contribution in [2.24, 2.45) is 5.16 Å².